The molecular formula is C51H69B3BrClF9N7O6. The van der Waals surface area contributed by atoms with Gasteiger partial charge in [0.1, 0.15) is 16.8 Å². The van der Waals surface area contributed by atoms with Gasteiger partial charge in [-0.1, -0.05) is 38.6 Å². The van der Waals surface area contributed by atoms with Crippen molar-refractivity contribution in [3.63, 3.8) is 0 Å². The van der Waals surface area contributed by atoms with Crippen LogP contribution in [0.25, 0.3) is 11.3 Å². The number of rotatable bonds is 3. The monoisotopic (exact) mass is 1190 g/mol. The fourth-order valence-corrected chi connectivity index (χ4v) is 7.24. The first kappa shape index (κ1) is 69.6. The van der Waals surface area contributed by atoms with Gasteiger partial charge in [-0.05, 0) is 162 Å². The molecule has 0 amide bonds. The Kier molecular flexibility index (Phi) is 22.7. The second-order valence-electron chi connectivity index (χ2n) is 20.7. The lowest BCUT2D eigenvalue weighted by Crippen LogP contribution is -2.41. The summed E-state index contributed by atoms with van der Waals surface area (Å²) in [6, 6.07) is 13.0. The fraction of sp³-hybridized carbons (Fsp3) is 0.510. The number of halogens is 11. The van der Waals surface area contributed by atoms with E-state index in [0.717, 1.165) is 18.2 Å². The summed E-state index contributed by atoms with van der Waals surface area (Å²) in [7, 11) is -1.79. The molecule has 0 aliphatic carbocycles. The van der Waals surface area contributed by atoms with Crippen molar-refractivity contribution in [3.05, 3.63) is 117 Å². The van der Waals surface area contributed by atoms with Crippen LogP contribution < -0.4 is 16.9 Å². The Balaban J connectivity index is 0.000000340. The van der Waals surface area contributed by atoms with E-state index < -0.39 is 67.6 Å². The maximum atomic E-state index is 12.9. The fourth-order valence-electron chi connectivity index (χ4n) is 6.73. The number of hydrogen-bond donors (Lipinski definition) is 2. The first-order valence-electron chi connectivity index (χ1n) is 23.3. The Morgan fingerprint density at radius 2 is 0.833 bits per heavy atom. The van der Waals surface area contributed by atoms with E-state index in [-0.39, 0.29) is 65.6 Å². The van der Waals surface area contributed by atoms with Crippen LogP contribution in [0.5, 0.6) is 0 Å². The van der Waals surface area contributed by atoms with E-state index in [1.54, 1.807) is 36.4 Å². The molecule has 4 N–H and O–H groups in total. The first-order valence-corrected chi connectivity index (χ1v) is 24.5. The molecule has 3 aliphatic rings. The maximum Gasteiger partial charge on any atom is 0.496 e. The summed E-state index contributed by atoms with van der Waals surface area (Å²) < 4.78 is 149. The van der Waals surface area contributed by atoms with Gasteiger partial charge in [0.05, 0.1) is 56.0 Å². The van der Waals surface area contributed by atoms with Gasteiger partial charge >= 0.3 is 39.7 Å². The zero-order valence-corrected chi connectivity index (χ0v) is 47.0. The molecule has 0 spiro atoms. The van der Waals surface area contributed by atoms with Crippen molar-refractivity contribution < 1.29 is 67.4 Å². The van der Waals surface area contributed by atoms with Gasteiger partial charge in [0, 0.05) is 51.2 Å². The van der Waals surface area contributed by atoms with Crippen molar-refractivity contribution >= 4 is 65.8 Å². The van der Waals surface area contributed by atoms with Gasteiger partial charge < -0.3 is 39.4 Å². The van der Waals surface area contributed by atoms with Gasteiger partial charge in [-0.15, -0.1) is 0 Å². The third-order valence-electron chi connectivity index (χ3n) is 13.3. The van der Waals surface area contributed by atoms with Crippen LogP contribution in [0.2, 0.25) is 5.15 Å². The predicted octanol–water partition coefficient (Wildman–Crippen LogP) is 13.8. The minimum Gasteiger partial charge on any atom is -0.405 e. The number of aryl methyl sites for hydroxylation is 3. The highest BCUT2D eigenvalue weighted by Crippen LogP contribution is 2.43. The maximum absolute atomic E-state index is 12.9. The topological polar surface area (TPSA) is 172 Å². The Bertz CT molecular complexity index is 2710. The molecule has 0 aromatic carbocycles. The van der Waals surface area contributed by atoms with Crippen LogP contribution in [-0.2, 0) is 46.5 Å². The third-order valence-corrected chi connectivity index (χ3v) is 13.9. The molecule has 5 aromatic heterocycles. The predicted molar refractivity (Wildman–Crippen MR) is 292 cm³/mol. The molecule has 5 aromatic rings. The minimum atomic E-state index is -4.43. The molecular weight excluding hydrogens is 1130 g/mol. The minimum absolute atomic E-state index is 0. The van der Waals surface area contributed by atoms with E-state index in [0.29, 0.717) is 26.7 Å². The normalized spacial score (nSPS) is 18.3. The number of aromatic nitrogens is 5. The highest BCUT2D eigenvalue weighted by molar-refractivity contribution is 9.10. The largest absolute Gasteiger partial charge is 0.496 e. The number of alkyl halides is 9. The first-order chi connectivity index (χ1) is 34.4. The molecule has 3 saturated heterocycles. The van der Waals surface area contributed by atoms with Crippen LogP contribution in [0.4, 0.5) is 51.1 Å². The van der Waals surface area contributed by atoms with Crippen molar-refractivity contribution in [3.8, 4) is 11.3 Å². The van der Waals surface area contributed by atoms with Gasteiger partial charge in [-0.25, -0.2) is 9.97 Å². The van der Waals surface area contributed by atoms with Crippen molar-refractivity contribution in [1.82, 2.24) is 24.9 Å². The van der Waals surface area contributed by atoms with Gasteiger partial charge in [0.25, 0.3) is 0 Å². The van der Waals surface area contributed by atoms with Crippen molar-refractivity contribution in [1.29, 1.82) is 0 Å². The van der Waals surface area contributed by atoms with Crippen molar-refractivity contribution in [2.75, 3.05) is 11.5 Å². The van der Waals surface area contributed by atoms with E-state index in [1.165, 1.54) is 39.4 Å². The summed E-state index contributed by atoms with van der Waals surface area (Å²) in [6.07, 6.45) is -9.12. The Hall–Kier alpha value is -4.56. The molecule has 0 unspecified atom stereocenters. The molecule has 0 radical (unpaired) electrons. The van der Waals surface area contributed by atoms with Crippen molar-refractivity contribution in [2.45, 2.75) is 171 Å². The summed E-state index contributed by atoms with van der Waals surface area (Å²) in [5.74, 6) is 0.708. The lowest BCUT2D eigenvalue weighted by atomic mass is 9.49. The van der Waals surface area contributed by atoms with E-state index in [9.17, 15) is 39.5 Å². The average Bonchev–Trinajstić information content (AvgIpc) is 3.73. The molecule has 8 rings (SSSR count). The molecule has 0 atom stereocenters. The highest BCUT2D eigenvalue weighted by Gasteiger charge is 2.64. The quantitative estimate of drug-likeness (QED) is 0.0994. The zero-order chi connectivity index (χ0) is 58.0. The second-order valence-corrected chi connectivity index (χ2v) is 22.0. The van der Waals surface area contributed by atoms with E-state index >= 15 is 0 Å². The molecule has 3 aliphatic heterocycles. The Morgan fingerprint density at radius 1 is 0.487 bits per heavy atom. The number of pyridine rings is 5. The standard InChI is InChI=1S/C13H17BF3NO2.C12H24B2O4.C12H10F3N3.C7H5BrF3N.C5H5ClN2.2CH4/c1-8-10(13(15,16)17)6-9(7-18-8)14-19-11(2,3)12(4,5)20-14;1-9(2)10(3,4)16-13(15-9)14-17-11(5,6)12(7,8)18-14;1-7-9(12(13,14)15)5-8(6-17-7)10-3-2-4-11(16)18-10;1-4-6(7(9,10)11)2-5(8)3-12-4;6-4-2-1-3-5(7)8-4;;/h6-7H,1-5H3;1-8H3;2-6H,1H3,(H2,16,18);2-3H,1H3;1-3H,(H2,7,8);2*1H4. The number of anilines is 2. The van der Waals surface area contributed by atoms with Gasteiger partial charge in [0.15, 0.2) is 0 Å². The number of nitrogen functional groups attached to an aromatic ring is 2. The van der Waals surface area contributed by atoms with Crippen LogP contribution in [0.3, 0.4) is 0 Å². The summed E-state index contributed by atoms with van der Waals surface area (Å²) in [5, 5.41) is 0.435. The molecule has 13 nitrogen and oxygen atoms in total. The Labute approximate surface area is 466 Å². The molecule has 0 saturated carbocycles. The SMILES string of the molecule is C.C.CC1(C)OB(B2OC(C)(C)C(C)(C)O2)OC1(C)C.Cc1ncc(-c2cccc(N)n2)cc1C(F)(F)F.Cc1ncc(B2OC(C)(C)C(C)(C)O2)cc1C(F)(F)F.Cc1ncc(Br)cc1C(F)(F)F.Nc1cccc(Cl)n1. The average molecular weight is 1190 g/mol. The van der Waals surface area contributed by atoms with Crippen LogP contribution >= 0.6 is 27.5 Å². The smallest absolute Gasteiger partial charge is 0.405 e. The van der Waals surface area contributed by atoms with E-state index in [4.69, 9.17) is 51.0 Å². The second kappa shape index (κ2) is 25.5. The molecule has 0 bridgehead atoms. The molecule has 430 valence electrons. The number of hydrogen-bond acceptors (Lipinski definition) is 13. The summed E-state index contributed by atoms with van der Waals surface area (Å²) in [6.45, 7) is 27.6. The number of nitrogens with two attached hydrogens (primary N) is 2. The highest BCUT2D eigenvalue weighted by atomic mass is 79.9. The van der Waals surface area contributed by atoms with Crippen LogP contribution in [0.1, 0.15) is 132 Å². The molecule has 27 heteroatoms. The van der Waals surface area contributed by atoms with Crippen molar-refractivity contribution in [2.24, 2.45) is 0 Å². The van der Waals surface area contributed by atoms with Gasteiger partial charge in [-0.3, -0.25) is 15.0 Å². The molecule has 8 heterocycles. The summed E-state index contributed by atoms with van der Waals surface area (Å²) >= 11 is 8.38. The zero-order valence-electron chi connectivity index (χ0n) is 44.7. The molecule has 3 fully saturated rings. The van der Waals surface area contributed by atoms with Crippen LogP contribution in [-0.4, -0.2) is 79.7 Å². The van der Waals surface area contributed by atoms with Gasteiger partial charge in [0.2, 0.25) is 0 Å². The van der Waals surface area contributed by atoms with Crippen LogP contribution in [0, 0.1) is 20.8 Å². The lowest BCUT2D eigenvalue weighted by Gasteiger charge is -2.32. The van der Waals surface area contributed by atoms with Crippen LogP contribution in [0.15, 0.2) is 77.7 Å². The number of nitrogens with zero attached hydrogens (tertiary/aromatic N) is 5. The molecule has 78 heavy (non-hydrogen) atoms. The lowest BCUT2D eigenvalue weighted by molar-refractivity contribution is -0.139. The van der Waals surface area contributed by atoms with Gasteiger partial charge in [-0.2, -0.15) is 39.5 Å². The van der Waals surface area contributed by atoms with E-state index in [2.05, 4.69) is 40.8 Å². The van der Waals surface area contributed by atoms with E-state index in [1.807, 2.05) is 83.1 Å². The third kappa shape index (κ3) is 17.7. The summed E-state index contributed by atoms with van der Waals surface area (Å²) in [4.78, 5) is 18.8. The summed E-state index contributed by atoms with van der Waals surface area (Å²) in [5.41, 5.74) is 6.72. The Morgan fingerprint density at radius 3 is 1.19 bits per heavy atom.